The second-order valence-electron chi connectivity index (χ2n) is 6.86. The molecule has 1 aromatic carbocycles. The van der Waals surface area contributed by atoms with Crippen LogP contribution in [0.1, 0.15) is 32.5 Å². The molecule has 162 valence electrons. The van der Waals surface area contributed by atoms with Gasteiger partial charge in [-0.25, -0.2) is 14.2 Å². The van der Waals surface area contributed by atoms with Crippen molar-refractivity contribution in [2.24, 2.45) is 0 Å². The lowest BCUT2D eigenvalue weighted by molar-refractivity contribution is -0.132. The molecule has 1 fully saturated rings. The quantitative estimate of drug-likeness (QED) is 0.279. The fraction of sp³-hybridized carbons (Fsp3) is 0.136. The number of pyridine rings is 1. The predicted molar refractivity (Wildman–Crippen MR) is 114 cm³/mol. The number of amides is 1. The van der Waals surface area contributed by atoms with Gasteiger partial charge in [0.25, 0.3) is 5.78 Å². The van der Waals surface area contributed by atoms with Gasteiger partial charge in [0.15, 0.2) is 5.13 Å². The van der Waals surface area contributed by atoms with Crippen LogP contribution in [0, 0.1) is 12.7 Å². The zero-order valence-electron chi connectivity index (χ0n) is 16.9. The fourth-order valence-corrected chi connectivity index (χ4v) is 4.43. The van der Waals surface area contributed by atoms with E-state index in [4.69, 9.17) is 4.74 Å². The van der Waals surface area contributed by atoms with Crippen molar-refractivity contribution in [3.05, 3.63) is 81.9 Å². The van der Waals surface area contributed by atoms with Crippen molar-refractivity contribution in [1.29, 1.82) is 0 Å². The van der Waals surface area contributed by atoms with Crippen molar-refractivity contribution in [3.63, 3.8) is 0 Å². The summed E-state index contributed by atoms with van der Waals surface area (Å²) in [5, 5.41) is 11.0. The molecule has 3 aromatic rings. The van der Waals surface area contributed by atoms with Gasteiger partial charge in [-0.2, -0.15) is 0 Å². The van der Waals surface area contributed by atoms with E-state index in [2.05, 4.69) is 9.97 Å². The molecule has 0 aliphatic carbocycles. The SMILES string of the molecule is COC(=O)c1sc(N2C(=O)C(=O)/C(=C(/O)c3ccncc3)C2c2ccc(F)cc2)nc1C. The lowest BCUT2D eigenvalue weighted by Crippen LogP contribution is -2.29. The number of Topliss-reactive ketones (excluding diaryl/α,β-unsaturated/α-hetero) is 1. The van der Waals surface area contributed by atoms with Gasteiger partial charge >= 0.3 is 11.9 Å². The van der Waals surface area contributed by atoms with Gasteiger partial charge in [-0.3, -0.25) is 19.5 Å². The van der Waals surface area contributed by atoms with E-state index in [9.17, 15) is 23.9 Å². The number of anilines is 1. The van der Waals surface area contributed by atoms with Crippen LogP contribution in [0.4, 0.5) is 9.52 Å². The van der Waals surface area contributed by atoms with Gasteiger partial charge in [0.05, 0.1) is 24.4 Å². The number of aliphatic hydroxyl groups is 1. The maximum Gasteiger partial charge on any atom is 0.350 e. The van der Waals surface area contributed by atoms with Gasteiger partial charge in [0.2, 0.25) is 0 Å². The first-order valence-electron chi connectivity index (χ1n) is 9.36. The number of aliphatic hydroxyl groups excluding tert-OH is 1. The molecule has 1 saturated heterocycles. The molecule has 1 unspecified atom stereocenters. The minimum atomic E-state index is -1.08. The Labute approximate surface area is 185 Å². The molecule has 1 aliphatic heterocycles. The lowest BCUT2D eigenvalue weighted by Gasteiger charge is -2.23. The Kier molecular flexibility index (Phi) is 5.54. The third kappa shape index (κ3) is 3.54. The summed E-state index contributed by atoms with van der Waals surface area (Å²) < 4.78 is 18.3. The van der Waals surface area contributed by atoms with Crippen LogP contribution in [0.3, 0.4) is 0 Å². The average Bonchev–Trinajstić information content (AvgIpc) is 3.31. The minimum absolute atomic E-state index is 0.0769. The topological polar surface area (TPSA) is 110 Å². The third-order valence-corrected chi connectivity index (χ3v) is 6.08. The summed E-state index contributed by atoms with van der Waals surface area (Å²) in [6.07, 6.45) is 2.87. The molecule has 2 aromatic heterocycles. The van der Waals surface area contributed by atoms with Crippen LogP contribution in [0.15, 0.2) is 54.4 Å². The number of methoxy groups -OCH3 is 1. The van der Waals surface area contributed by atoms with E-state index in [1.54, 1.807) is 6.92 Å². The van der Waals surface area contributed by atoms with E-state index in [0.717, 1.165) is 16.2 Å². The Morgan fingerprint density at radius 2 is 1.81 bits per heavy atom. The Bertz CT molecular complexity index is 1250. The number of rotatable bonds is 4. The van der Waals surface area contributed by atoms with Gasteiger partial charge in [0, 0.05) is 18.0 Å². The Morgan fingerprint density at radius 3 is 2.44 bits per heavy atom. The van der Waals surface area contributed by atoms with Crippen molar-refractivity contribution in [3.8, 4) is 0 Å². The average molecular weight is 453 g/mol. The highest BCUT2D eigenvalue weighted by Gasteiger charge is 2.48. The number of nitrogens with zero attached hydrogens (tertiary/aromatic N) is 3. The Hall–Kier alpha value is -3.92. The van der Waals surface area contributed by atoms with Crippen LogP contribution in [0.25, 0.3) is 5.76 Å². The predicted octanol–water partition coefficient (Wildman–Crippen LogP) is 3.40. The van der Waals surface area contributed by atoms with Gasteiger partial charge in [-0.1, -0.05) is 23.5 Å². The molecule has 0 saturated carbocycles. The fourth-order valence-electron chi connectivity index (χ4n) is 3.42. The zero-order valence-corrected chi connectivity index (χ0v) is 17.7. The standard InChI is InChI=1S/C22H16FN3O5S/c1-11-19(21(30)31-2)32-22(25-11)26-16(12-3-5-14(23)6-4-12)15(18(28)20(26)29)17(27)13-7-9-24-10-8-13/h3-10,16,27H,1-2H3/b17-15+. The first-order chi connectivity index (χ1) is 15.3. The Balaban J connectivity index is 1.93. The van der Waals surface area contributed by atoms with Crippen LogP contribution >= 0.6 is 11.3 Å². The van der Waals surface area contributed by atoms with Crippen molar-refractivity contribution in [2.75, 3.05) is 12.0 Å². The van der Waals surface area contributed by atoms with Gasteiger partial charge < -0.3 is 9.84 Å². The first-order valence-corrected chi connectivity index (χ1v) is 10.2. The van der Waals surface area contributed by atoms with Crippen LogP contribution in [0.5, 0.6) is 0 Å². The molecule has 0 radical (unpaired) electrons. The normalized spacial score (nSPS) is 17.6. The molecule has 0 spiro atoms. The summed E-state index contributed by atoms with van der Waals surface area (Å²) in [5.41, 5.74) is 0.815. The maximum atomic E-state index is 13.6. The van der Waals surface area contributed by atoms with E-state index >= 15 is 0 Å². The number of ketones is 1. The second-order valence-corrected chi connectivity index (χ2v) is 7.84. The number of carbonyl (C=O) groups is 3. The number of hydrogen-bond acceptors (Lipinski definition) is 8. The van der Waals surface area contributed by atoms with E-state index in [0.29, 0.717) is 11.3 Å². The number of carbonyl (C=O) groups excluding carboxylic acids is 3. The summed E-state index contributed by atoms with van der Waals surface area (Å²) >= 11 is 0.885. The van der Waals surface area contributed by atoms with Crippen LogP contribution < -0.4 is 4.90 Å². The molecular weight excluding hydrogens is 437 g/mol. The van der Waals surface area contributed by atoms with Gasteiger partial charge in [0.1, 0.15) is 16.5 Å². The Morgan fingerprint density at radius 1 is 1.16 bits per heavy atom. The number of aromatic nitrogens is 2. The van der Waals surface area contributed by atoms with Crippen molar-refractivity contribution in [2.45, 2.75) is 13.0 Å². The molecule has 1 amide bonds. The third-order valence-electron chi connectivity index (χ3n) is 4.95. The summed E-state index contributed by atoms with van der Waals surface area (Å²) in [4.78, 5) is 47.6. The molecule has 1 aliphatic rings. The molecule has 0 bridgehead atoms. The summed E-state index contributed by atoms with van der Waals surface area (Å²) in [7, 11) is 1.22. The van der Waals surface area contributed by atoms with Crippen molar-refractivity contribution in [1.82, 2.24) is 9.97 Å². The number of hydrogen-bond donors (Lipinski definition) is 1. The summed E-state index contributed by atoms with van der Waals surface area (Å²) in [5.74, 6) is -3.39. The number of esters is 1. The van der Waals surface area contributed by atoms with E-state index < -0.39 is 35.3 Å². The number of benzene rings is 1. The number of thiazole rings is 1. The molecule has 1 N–H and O–H groups in total. The maximum absolute atomic E-state index is 13.6. The lowest BCUT2D eigenvalue weighted by atomic mass is 9.95. The van der Waals surface area contributed by atoms with Gasteiger partial charge in [-0.15, -0.1) is 0 Å². The number of halogens is 1. The van der Waals surface area contributed by atoms with E-state index in [-0.39, 0.29) is 21.1 Å². The molecule has 10 heteroatoms. The highest BCUT2D eigenvalue weighted by molar-refractivity contribution is 7.17. The smallest absolute Gasteiger partial charge is 0.350 e. The van der Waals surface area contributed by atoms with E-state index in [1.165, 1.54) is 55.9 Å². The molecule has 8 nitrogen and oxygen atoms in total. The van der Waals surface area contributed by atoms with Crippen LogP contribution in [-0.4, -0.2) is 39.8 Å². The molecule has 4 rings (SSSR count). The largest absolute Gasteiger partial charge is 0.507 e. The highest BCUT2D eigenvalue weighted by Crippen LogP contribution is 2.43. The molecule has 32 heavy (non-hydrogen) atoms. The minimum Gasteiger partial charge on any atom is -0.507 e. The second kappa shape index (κ2) is 8.31. The first kappa shape index (κ1) is 21.3. The highest BCUT2D eigenvalue weighted by atomic mass is 32.1. The number of ether oxygens (including phenoxy) is 1. The van der Waals surface area contributed by atoms with Crippen molar-refractivity contribution >= 4 is 39.9 Å². The molecule has 1 atom stereocenters. The van der Waals surface area contributed by atoms with Crippen molar-refractivity contribution < 1.29 is 28.6 Å². The zero-order chi connectivity index (χ0) is 23.0. The van der Waals surface area contributed by atoms with Crippen LogP contribution in [0.2, 0.25) is 0 Å². The molecular formula is C22H16FN3O5S. The van der Waals surface area contributed by atoms with E-state index in [1.807, 2.05) is 0 Å². The molecule has 3 heterocycles. The monoisotopic (exact) mass is 453 g/mol. The summed E-state index contributed by atoms with van der Waals surface area (Å²) in [6, 6.07) is 7.12. The van der Waals surface area contributed by atoms with Gasteiger partial charge in [-0.05, 0) is 36.8 Å². The van der Waals surface area contributed by atoms with Crippen LogP contribution in [-0.2, 0) is 14.3 Å². The number of aryl methyl sites for hydroxylation is 1. The summed E-state index contributed by atoms with van der Waals surface area (Å²) in [6.45, 7) is 1.58.